The molecule has 16 heavy (non-hydrogen) atoms. The largest absolute Gasteiger partial charge is 0.481 e. The molecule has 0 aromatic carbocycles. The van der Waals surface area contributed by atoms with Crippen LogP contribution in [-0.4, -0.2) is 31.8 Å². The average Bonchev–Trinajstić information content (AvgIpc) is 2.15. The molecule has 0 heterocycles. The average molecular weight is 249 g/mol. The summed E-state index contributed by atoms with van der Waals surface area (Å²) in [7, 11) is -3.20. The maximum Gasteiger partial charge on any atom is 0.303 e. The summed E-state index contributed by atoms with van der Waals surface area (Å²) < 4.78 is 24.7. The van der Waals surface area contributed by atoms with E-state index in [1.54, 1.807) is 0 Å². The molecular weight excluding hydrogens is 230 g/mol. The fourth-order valence-corrected chi connectivity index (χ4v) is 2.08. The van der Waals surface area contributed by atoms with Crippen molar-refractivity contribution in [1.29, 1.82) is 0 Å². The van der Waals surface area contributed by atoms with Gasteiger partial charge >= 0.3 is 5.97 Å². The van der Waals surface area contributed by atoms with E-state index in [0.29, 0.717) is 13.0 Å². The Morgan fingerprint density at radius 3 is 2.44 bits per heavy atom. The van der Waals surface area contributed by atoms with E-state index in [4.69, 9.17) is 5.11 Å². The summed E-state index contributed by atoms with van der Waals surface area (Å²) in [5.41, 5.74) is 0. The van der Waals surface area contributed by atoms with Crippen LogP contribution in [0.15, 0.2) is 12.7 Å². The Balaban J connectivity index is 3.40. The fraction of sp³-hybridized carbons (Fsp3) is 0.700. The van der Waals surface area contributed by atoms with Crippen LogP contribution in [0.4, 0.5) is 0 Å². The van der Waals surface area contributed by atoms with Crippen molar-refractivity contribution in [2.75, 3.05) is 12.3 Å². The summed E-state index contributed by atoms with van der Waals surface area (Å²) in [5, 5.41) is 8.38. The lowest BCUT2D eigenvalue weighted by Gasteiger charge is -2.03. The van der Waals surface area contributed by atoms with Crippen molar-refractivity contribution in [2.45, 2.75) is 32.1 Å². The number of rotatable bonds is 10. The third-order valence-corrected chi connectivity index (χ3v) is 3.30. The third kappa shape index (κ3) is 9.67. The summed E-state index contributed by atoms with van der Waals surface area (Å²) in [5.74, 6) is -0.849. The first-order valence-corrected chi connectivity index (χ1v) is 6.93. The van der Waals surface area contributed by atoms with E-state index >= 15 is 0 Å². The Morgan fingerprint density at radius 2 is 1.88 bits per heavy atom. The number of aliphatic carboxylic acids is 1. The van der Waals surface area contributed by atoms with Crippen LogP contribution in [0.5, 0.6) is 0 Å². The number of hydrogen-bond acceptors (Lipinski definition) is 3. The standard InChI is InChI=1S/C10H19NO4S/c1-2-9-16(14,15)11-8-6-4-3-5-7-10(12)13/h2,11H,1,3-9H2,(H,12,13). The van der Waals surface area contributed by atoms with Gasteiger partial charge in [-0.2, -0.15) is 0 Å². The molecule has 0 saturated heterocycles. The van der Waals surface area contributed by atoms with E-state index in [2.05, 4.69) is 11.3 Å². The van der Waals surface area contributed by atoms with Crippen LogP contribution < -0.4 is 4.72 Å². The predicted molar refractivity (Wildman–Crippen MR) is 62.7 cm³/mol. The van der Waals surface area contributed by atoms with Crippen LogP contribution in [-0.2, 0) is 14.8 Å². The normalized spacial score (nSPS) is 11.2. The van der Waals surface area contributed by atoms with Crippen LogP contribution in [0, 0.1) is 0 Å². The van der Waals surface area contributed by atoms with Crippen molar-refractivity contribution in [3.8, 4) is 0 Å². The molecule has 0 aliphatic heterocycles. The van der Waals surface area contributed by atoms with Gasteiger partial charge in [0, 0.05) is 13.0 Å². The lowest BCUT2D eigenvalue weighted by Crippen LogP contribution is -2.26. The second kappa shape index (κ2) is 8.29. The highest BCUT2D eigenvalue weighted by atomic mass is 32.2. The van der Waals surface area contributed by atoms with Crippen molar-refractivity contribution >= 4 is 16.0 Å². The molecule has 6 heteroatoms. The first-order valence-electron chi connectivity index (χ1n) is 5.28. The van der Waals surface area contributed by atoms with Gasteiger partial charge in [-0.25, -0.2) is 13.1 Å². The predicted octanol–water partition coefficient (Wildman–Crippen LogP) is 1.13. The van der Waals surface area contributed by atoms with Gasteiger partial charge in [0.05, 0.1) is 5.75 Å². The first-order chi connectivity index (χ1) is 7.48. The monoisotopic (exact) mass is 249 g/mol. The quantitative estimate of drug-likeness (QED) is 0.449. The van der Waals surface area contributed by atoms with E-state index in [1.807, 2.05) is 0 Å². The van der Waals surface area contributed by atoms with E-state index in [0.717, 1.165) is 19.3 Å². The molecule has 0 atom stereocenters. The number of carboxylic acids is 1. The summed E-state index contributed by atoms with van der Waals surface area (Å²) in [6.07, 6.45) is 4.56. The van der Waals surface area contributed by atoms with E-state index in [-0.39, 0.29) is 12.2 Å². The molecule has 0 spiro atoms. The summed E-state index contributed by atoms with van der Waals surface area (Å²) in [4.78, 5) is 10.2. The second-order valence-electron chi connectivity index (χ2n) is 3.52. The lowest BCUT2D eigenvalue weighted by atomic mass is 10.1. The van der Waals surface area contributed by atoms with Crippen LogP contribution >= 0.6 is 0 Å². The Kier molecular flexibility index (Phi) is 7.84. The zero-order valence-corrected chi connectivity index (χ0v) is 10.1. The molecular formula is C10H19NO4S. The van der Waals surface area contributed by atoms with Gasteiger partial charge in [-0.3, -0.25) is 4.79 Å². The van der Waals surface area contributed by atoms with E-state index in [9.17, 15) is 13.2 Å². The van der Waals surface area contributed by atoms with Gasteiger partial charge in [0.15, 0.2) is 0 Å². The molecule has 2 N–H and O–H groups in total. The number of nitrogens with one attached hydrogen (secondary N) is 1. The van der Waals surface area contributed by atoms with Crippen molar-refractivity contribution in [1.82, 2.24) is 4.72 Å². The maximum absolute atomic E-state index is 11.1. The minimum Gasteiger partial charge on any atom is -0.481 e. The number of sulfonamides is 1. The van der Waals surface area contributed by atoms with Gasteiger partial charge in [-0.1, -0.05) is 18.9 Å². The molecule has 0 bridgehead atoms. The molecule has 0 saturated carbocycles. The molecule has 0 amide bonds. The Morgan fingerprint density at radius 1 is 1.25 bits per heavy atom. The van der Waals surface area contributed by atoms with Gasteiger partial charge in [0.2, 0.25) is 10.0 Å². The summed E-state index contributed by atoms with van der Waals surface area (Å²) in [6, 6.07) is 0. The second-order valence-corrected chi connectivity index (χ2v) is 5.37. The van der Waals surface area contributed by atoms with Gasteiger partial charge in [0.1, 0.15) is 0 Å². The Hall–Kier alpha value is -0.880. The van der Waals surface area contributed by atoms with Crippen molar-refractivity contribution in [3.63, 3.8) is 0 Å². The molecule has 0 aliphatic rings. The SMILES string of the molecule is C=CCS(=O)(=O)NCCCCCCC(=O)O. The fourth-order valence-electron chi connectivity index (χ4n) is 1.20. The van der Waals surface area contributed by atoms with Crippen LogP contribution in [0.3, 0.4) is 0 Å². The zero-order chi connectivity index (χ0) is 12.4. The molecule has 0 rings (SSSR count). The van der Waals surface area contributed by atoms with Crippen molar-refractivity contribution in [2.24, 2.45) is 0 Å². The zero-order valence-electron chi connectivity index (χ0n) is 9.31. The van der Waals surface area contributed by atoms with E-state index in [1.165, 1.54) is 6.08 Å². The highest BCUT2D eigenvalue weighted by Crippen LogP contribution is 2.02. The molecule has 0 aromatic heterocycles. The summed E-state index contributed by atoms with van der Waals surface area (Å²) >= 11 is 0. The topological polar surface area (TPSA) is 83.5 Å². The highest BCUT2D eigenvalue weighted by molar-refractivity contribution is 7.89. The minimum atomic E-state index is -3.20. The number of carbonyl (C=O) groups is 1. The molecule has 0 aromatic rings. The number of hydrogen-bond donors (Lipinski definition) is 2. The number of unbranched alkanes of at least 4 members (excludes halogenated alkanes) is 3. The molecule has 94 valence electrons. The van der Waals surface area contributed by atoms with Crippen LogP contribution in [0.2, 0.25) is 0 Å². The molecule has 0 radical (unpaired) electrons. The van der Waals surface area contributed by atoms with Gasteiger partial charge in [-0.15, -0.1) is 6.58 Å². The third-order valence-electron chi connectivity index (χ3n) is 1.98. The van der Waals surface area contributed by atoms with Gasteiger partial charge < -0.3 is 5.11 Å². The smallest absolute Gasteiger partial charge is 0.303 e. The molecule has 0 fully saturated rings. The molecule has 5 nitrogen and oxygen atoms in total. The van der Waals surface area contributed by atoms with Crippen molar-refractivity contribution < 1.29 is 18.3 Å². The summed E-state index contributed by atoms with van der Waals surface area (Å²) in [6.45, 7) is 3.76. The highest BCUT2D eigenvalue weighted by Gasteiger charge is 2.05. The maximum atomic E-state index is 11.1. The van der Waals surface area contributed by atoms with E-state index < -0.39 is 16.0 Å². The Labute approximate surface area is 96.6 Å². The Bertz CT molecular complexity index is 311. The molecule has 0 unspecified atom stereocenters. The van der Waals surface area contributed by atoms with Gasteiger partial charge in [0.25, 0.3) is 0 Å². The minimum absolute atomic E-state index is 0.0635. The number of carboxylic acid groups (broad SMARTS) is 1. The van der Waals surface area contributed by atoms with Crippen LogP contribution in [0.1, 0.15) is 32.1 Å². The molecule has 0 aliphatic carbocycles. The van der Waals surface area contributed by atoms with Crippen molar-refractivity contribution in [3.05, 3.63) is 12.7 Å². The lowest BCUT2D eigenvalue weighted by molar-refractivity contribution is -0.137. The first kappa shape index (κ1) is 15.1. The van der Waals surface area contributed by atoms with Crippen LogP contribution in [0.25, 0.3) is 0 Å². The van der Waals surface area contributed by atoms with Gasteiger partial charge in [-0.05, 0) is 12.8 Å².